The molecule has 0 spiro atoms. The molecule has 1 fully saturated rings. The van der Waals surface area contributed by atoms with Gasteiger partial charge in [0.05, 0.1) is 24.2 Å². The number of hydrogen-bond acceptors (Lipinski definition) is 3. The van der Waals surface area contributed by atoms with Crippen LogP contribution in [0.2, 0.25) is 0 Å². The number of rotatable bonds is 4. The molecule has 104 valence electrons. The van der Waals surface area contributed by atoms with Crippen molar-refractivity contribution in [3.8, 4) is 5.69 Å². The van der Waals surface area contributed by atoms with Gasteiger partial charge in [-0.15, -0.1) is 0 Å². The molecule has 4 nitrogen and oxygen atoms in total. The second-order valence-corrected chi connectivity index (χ2v) is 5.74. The van der Waals surface area contributed by atoms with E-state index < -0.39 is 0 Å². The van der Waals surface area contributed by atoms with Crippen molar-refractivity contribution in [2.75, 3.05) is 6.61 Å². The Hall–Kier alpha value is -1.62. The number of benzene rings is 1. The second-order valence-electron chi connectivity index (χ2n) is 4.83. The van der Waals surface area contributed by atoms with Crippen LogP contribution < -0.4 is 0 Å². The summed E-state index contributed by atoms with van der Waals surface area (Å²) >= 11 is 3.42. The number of esters is 1. The summed E-state index contributed by atoms with van der Waals surface area (Å²) in [5.74, 6) is 0.137. The van der Waals surface area contributed by atoms with Gasteiger partial charge in [0.15, 0.2) is 0 Å². The van der Waals surface area contributed by atoms with Crippen molar-refractivity contribution >= 4 is 21.9 Å². The molecule has 0 radical (unpaired) electrons. The highest BCUT2D eigenvalue weighted by Gasteiger charge is 2.33. The summed E-state index contributed by atoms with van der Waals surface area (Å²) in [5.41, 5.74) is 2.54. The van der Waals surface area contributed by atoms with E-state index in [2.05, 4.69) is 21.0 Å². The van der Waals surface area contributed by atoms with Crippen LogP contribution in [0.4, 0.5) is 0 Å². The zero-order valence-corrected chi connectivity index (χ0v) is 12.8. The molecule has 0 bridgehead atoms. The van der Waals surface area contributed by atoms with Crippen molar-refractivity contribution in [3.63, 3.8) is 0 Å². The number of hydrogen-bond donors (Lipinski definition) is 0. The first-order chi connectivity index (χ1) is 9.70. The average molecular weight is 335 g/mol. The Morgan fingerprint density at radius 2 is 2.10 bits per heavy atom. The lowest BCUT2D eigenvalue weighted by Crippen LogP contribution is -2.09. The molecule has 1 aliphatic rings. The fourth-order valence-electron chi connectivity index (χ4n) is 2.26. The lowest BCUT2D eigenvalue weighted by Gasteiger charge is -2.08. The standard InChI is InChI=1S/C15H15BrN2O2/c1-2-20-15(19)13-9-17-18(14(13)10-3-4-10)12-7-5-11(16)6-8-12/h5-10H,2-4H2,1H3. The van der Waals surface area contributed by atoms with E-state index in [1.165, 1.54) is 0 Å². The summed E-state index contributed by atoms with van der Waals surface area (Å²) < 4.78 is 7.99. The molecule has 5 heteroatoms. The highest BCUT2D eigenvalue weighted by molar-refractivity contribution is 9.10. The Morgan fingerprint density at radius 1 is 1.40 bits per heavy atom. The van der Waals surface area contributed by atoms with Crippen LogP contribution in [0, 0.1) is 0 Å². The van der Waals surface area contributed by atoms with Crippen LogP contribution in [0.25, 0.3) is 5.69 Å². The maximum atomic E-state index is 12.0. The highest BCUT2D eigenvalue weighted by atomic mass is 79.9. The van der Waals surface area contributed by atoms with Gasteiger partial charge in [0.2, 0.25) is 0 Å². The van der Waals surface area contributed by atoms with Gasteiger partial charge in [-0.25, -0.2) is 9.48 Å². The van der Waals surface area contributed by atoms with Gasteiger partial charge in [0.1, 0.15) is 5.56 Å². The Morgan fingerprint density at radius 3 is 2.70 bits per heavy atom. The topological polar surface area (TPSA) is 44.1 Å². The molecule has 1 saturated carbocycles. The molecule has 1 heterocycles. The van der Waals surface area contributed by atoms with Crippen molar-refractivity contribution < 1.29 is 9.53 Å². The van der Waals surface area contributed by atoms with Gasteiger partial charge >= 0.3 is 5.97 Å². The normalized spacial score (nSPS) is 14.3. The Labute approximate surface area is 125 Å². The fraction of sp³-hybridized carbons (Fsp3) is 0.333. The minimum absolute atomic E-state index is 0.280. The molecule has 3 rings (SSSR count). The summed E-state index contributed by atoms with van der Waals surface area (Å²) in [4.78, 5) is 12.0. The molecule has 1 aromatic carbocycles. The third-order valence-corrected chi connectivity index (χ3v) is 3.87. The molecular formula is C15H15BrN2O2. The number of ether oxygens (including phenoxy) is 1. The third-order valence-electron chi connectivity index (χ3n) is 3.34. The predicted octanol–water partition coefficient (Wildman–Crippen LogP) is 3.69. The van der Waals surface area contributed by atoms with Gasteiger partial charge in [-0.1, -0.05) is 15.9 Å². The van der Waals surface area contributed by atoms with E-state index in [1.807, 2.05) is 35.9 Å². The number of carbonyl (C=O) groups excluding carboxylic acids is 1. The molecule has 1 aromatic heterocycles. The van der Waals surface area contributed by atoms with E-state index in [0.29, 0.717) is 18.1 Å². The molecule has 0 amide bonds. The van der Waals surface area contributed by atoms with Crippen molar-refractivity contribution in [3.05, 3.63) is 46.2 Å². The van der Waals surface area contributed by atoms with Crippen LogP contribution in [0.15, 0.2) is 34.9 Å². The van der Waals surface area contributed by atoms with E-state index in [1.54, 1.807) is 6.20 Å². The maximum Gasteiger partial charge on any atom is 0.341 e. The van der Waals surface area contributed by atoms with Crippen LogP contribution in [-0.2, 0) is 4.74 Å². The van der Waals surface area contributed by atoms with Crippen LogP contribution in [-0.4, -0.2) is 22.4 Å². The first-order valence-corrected chi connectivity index (χ1v) is 7.51. The molecule has 0 N–H and O–H groups in total. The molecular weight excluding hydrogens is 320 g/mol. The second kappa shape index (κ2) is 5.40. The summed E-state index contributed by atoms with van der Waals surface area (Å²) in [7, 11) is 0. The molecule has 0 unspecified atom stereocenters. The average Bonchev–Trinajstić information content (AvgIpc) is 3.19. The smallest absolute Gasteiger partial charge is 0.341 e. The first-order valence-electron chi connectivity index (χ1n) is 6.71. The van der Waals surface area contributed by atoms with E-state index in [-0.39, 0.29) is 5.97 Å². The molecule has 0 atom stereocenters. The van der Waals surface area contributed by atoms with E-state index >= 15 is 0 Å². The Kier molecular flexibility index (Phi) is 3.61. The van der Waals surface area contributed by atoms with Crippen LogP contribution in [0.3, 0.4) is 0 Å². The SMILES string of the molecule is CCOC(=O)c1cnn(-c2ccc(Br)cc2)c1C1CC1. The van der Waals surface area contributed by atoms with Gasteiger partial charge in [0.25, 0.3) is 0 Å². The highest BCUT2D eigenvalue weighted by Crippen LogP contribution is 2.42. The number of aromatic nitrogens is 2. The fourth-order valence-corrected chi connectivity index (χ4v) is 2.53. The van der Waals surface area contributed by atoms with Crippen LogP contribution in [0.1, 0.15) is 41.7 Å². The summed E-state index contributed by atoms with van der Waals surface area (Å²) in [6.07, 6.45) is 3.83. The van der Waals surface area contributed by atoms with E-state index in [4.69, 9.17) is 4.74 Å². The number of nitrogens with zero attached hydrogens (tertiary/aromatic N) is 2. The lowest BCUT2D eigenvalue weighted by molar-refractivity contribution is 0.0525. The van der Waals surface area contributed by atoms with Gasteiger partial charge in [-0.2, -0.15) is 5.10 Å². The van der Waals surface area contributed by atoms with Gasteiger partial charge < -0.3 is 4.74 Å². The predicted molar refractivity (Wildman–Crippen MR) is 79.2 cm³/mol. The molecule has 20 heavy (non-hydrogen) atoms. The maximum absolute atomic E-state index is 12.0. The van der Waals surface area contributed by atoms with E-state index in [0.717, 1.165) is 28.7 Å². The van der Waals surface area contributed by atoms with Gasteiger partial charge in [-0.3, -0.25) is 0 Å². The Bertz CT molecular complexity index is 630. The largest absolute Gasteiger partial charge is 0.462 e. The van der Waals surface area contributed by atoms with Crippen molar-refractivity contribution in [1.29, 1.82) is 0 Å². The molecule has 1 aliphatic carbocycles. The number of halogens is 1. The zero-order valence-electron chi connectivity index (χ0n) is 11.2. The van der Waals surface area contributed by atoms with Crippen molar-refractivity contribution in [1.82, 2.24) is 9.78 Å². The van der Waals surface area contributed by atoms with E-state index in [9.17, 15) is 4.79 Å². The summed E-state index contributed by atoms with van der Waals surface area (Å²) in [5, 5.41) is 4.38. The minimum atomic E-state index is -0.280. The summed E-state index contributed by atoms with van der Waals surface area (Å²) in [6, 6.07) is 7.91. The van der Waals surface area contributed by atoms with Crippen molar-refractivity contribution in [2.45, 2.75) is 25.7 Å². The monoisotopic (exact) mass is 334 g/mol. The van der Waals surface area contributed by atoms with Gasteiger partial charge in [0, 0.05) is 10.4 Å². The van der Waals surface area contributed by atoms with Crippen LogP contribution >= 0.6 is 15.9 Å². The molecule has 0 saturated heterocycles. The van der Waals surface area contributed by atoms with Crippen LogP contribution in [0.5, 0.6) is 0 Å². The zero-order chi connectivity index (χ0) is 14.1. The third kappa shape index (κ3) is 2.50. The molecule has 0 aliphatic heterocycles. The van der Waals surface area contributed by atoms with Gasteiger partial charge in [-0.05, 0) is 44.0 Å². The molecule has 2 aromatic rings. The number of carbonyl (C=O) groups is 1. The summed E-state index contributed by atoms with van der Waals surface area (Å²) in [6.45, 7) is 2.19. The minimum Gasteiger partial charge on any atom is -0.462 e. The lowest BCUT2D eigenvalue weighted by atomic mass is 10.1. The first kappa shape index (κ1) is 13.4. The van der Waals surface area contributed by atoms with Crippen molar-refractivity contribution in [2.24, 2.45) is 0 Å². The quantitative estimate of drug-likeness (QED) is 0.801. The Balaban J connectivity index is 2.03.